The van der Waals surface area contributed by atoms with Gasteiger partial charge in [-0.1, -0.05) is 43.3 Å². The standard InChI is InChI=1S/C16H18FNO2S/c1-2-13(14-7-4-3-5-8-14)12-18-21(19,20)16-10-6-9-15(17)11-16/h3-11,13,18H,2,12H2,1H3. The van der Waals surface area contributed by atoms with Gasteiger partial charge in [0.15, 0.2) is 0 Å². The van der Waals surface area contributed by atoms with Crippen LogP contribution >= 0.6 is 0 Å². The third-order valence-corrected chi connectivity index (χ3v) is 4.81. The average molecular weight is 307 g/mol. The summed E-state index contributed by atoms with van der Waals surface area (Å²) in [7, 11) is -3.69. The minimum atomic E-state index is -3.69. The Morgan fingerprint density at radius 3 is 2.43 bits per heavy atom. The predicted octanol–water partition coefficient (Wildman–Crippen LogP) is 3.30. The molecule has 5 heteroatoms. The fourth-order valence-corrected chi connectivity index (χ4v) is 3.26. The first-order valence-electron chi connectivity index (χ1n) is 6.83. The van der Waals surface area contributed by atoms with Crippen molar-refractivity contribution in [1.82, 2.24) is 4.72 Å². The first-order chi connectivity index (χ1) is 10.0. The number of halogens is 1. The molecule has 0 spiro atoms. The summed E-state index contributed by atoms with van der Waals surface area (Å²) >= 11 is 0. The van der Waals surface area contributed by atoms with E-state index in [1.54, 1.807) is 0 Å². The van der Waals surface area contributed by atoms with Gasteiger partial charge >= 0.3 is 0 Å². The van der Waals surface area contributed by atoms with E-state index in [4.69, 9.17) is 0 Å². The van der Waals surface area contributed by atoms with Gasteiger partial charge in [-0.25, -0.2) is 17.5 Å². The molecule has 2 rings (SSSR count). The van der Waals surface area contributed by atoms with Crippen LogP contribution in [0.4, 0.5) is 4.39 Å². The van der Waals surface area contributed by atoms with E-state index in [1.165, 1.54) is 18.2 Å². The highest BCUT2D eigenvalue weighted by Gasteiger charge is 2.17. The molecule has 1 unspecified atom stereocenters. The van der Waals surface area contributed by atoms with E-state index < -0.39 is 15.8 Å². The molecule has 0 bridgehead atoms. The van der Waals surface area contributed by atoms with E-state index in [9.17, 15) is 12.8 Å². The number of nitrogens with one attached hydrogen (secondary N) is 1. The lowest BCUT2D eigenvalue weighted by Crippen LogP contribution is -2.28. The first-order valence-corrected chi connectivity index (χ1v) is 8.31. The summed E-state index contributed by atoms with van der Waals surface area (Å²) in [4.78, 5) is -0.0505. The van der Waals surface area contributed by atoms with Crippen LogP contribution in [0.3, 0.4) is 0 Å². The van der Waals surface area contributed by atoms with Crippen LogP contribution in [0.5, 0.6) is 0 Å². The van der Waals surface area contributed by atoms with Crippen molar-refractivity contribution in [1.29, 1.82) is 0 Å². The molecule has 0 aromatic heterocycles. The normalized spacial score (nSPS) is 13.0. The second-order valence-corrected chi connectivity index (χ2v) is 6.59. The Morgan fingerprint density at radius 2 is 1.81 bits per heavy atom. The van der Waals surface area contributed by atoms with Gasteiger partial charge in [-0.3, -0.25) is 0 Å². The third-order valence-electron chi connectivity index (χ3n) is 3.39. The minimum Gasteiger partial charge on any atom is -0.211 e. The lowest BCUT2D eigenvalue weighted by atomic mass is 9.97. The summed E-state index contributed by atoms with van der Waals surface area (Å²) in [6.45, 7) is 2.30. The number of benzene rings is 2. The van der Waals surface area contributed by atoms with E-state index in [-0.39, 0.29) is 10.8 Å². The van der Waals surface area contributed by atoms with E-state index in [2.05, 4.69) is 4.72 Å². The summed E-state index contributed by atoms with van der Waals surface area (Å²) in [5.41, 5.74) is 1.09. The maximum absolute atomic E-state index is 13.1. The van der Waals surface area contributed by atoms with Gasteiger partial charge in [-0.2, -0.15) is 0 Å². The lowest BCUT2D eigenvalue weighted by molar-refractivity contribution is 0.563. The zero-order valence-electron chi connectivity index (χ0n) is 11.8. The average Bonchev–Trinajstić information content (AvgIpc) is 2.49. The van der Waals surface area contributed by atoms with Crippen molar-refractivity contribution in [2.45, 2.75) is 24.2 Å². The van der Waals surface area contributed by atoms with Crippen molar-refractivity contribution in [2.75, 3.05) is 6.54 Å². The van der Waals surface area contributed by atoms with Crippen molar-refractivity contribution in [3.05, 3.63) is 66.0 Å². The Balaban J connectivity index is 2.11. The molecule has 2 aromatic carbocycles. The van der Waals surface area contributed by atoms with E-state index >= 15 is 0 Å². The Kier molecular flexibility index (Phi) is 5.09. The Hall–Kier alpha value is -1.72. The molecule has 0 saturated carbocycles. The second kappa shape index (κ2) is 6.83. The lowest BCUT2D eigenvalue weighted by Gasteiger charge is -2.16. The maximum Gasteiger partial charge on any atom is 0.240 e. The molecule has 0 fully saturated rings. The maximum atomic E-state index is 13.1. The Morgan fingerprint density at radius 1 is 1.10 bits per heavy atom. The number of hydrogen-bond acceptors (Lipinski definition) is 2. The fraction of sp³-hybridized carbons (Fsp3) is 0.250. The van der Waals surface area contributed by atoms with Gasteiger partial charge in [0.05, 0.1) is 4.90 Å². The highest BCUT2D eigenvalue weighted by molar-refractivity contribution is 7.89. The zero-order valence-corrected chi connectivity index (χ0v) is 12.6. The first kappa shape index (κ1) is 15.7. The Bertz CT molecular complexity index is 686. The molecule has 1 atom stereocenters. The zero-order chi connectivity index (χ0) is 15.3. The minimum absolute atomic E-state index is 0.0505. The predicted molar refractivity (Wildman–Crippen MR) is 81.1 cm³/mol. The molecule has 1 N–H and O–H groups in total. The van der Waals surface area contributed by atoms with Crippen molar-refractivity contribution in [2.24, 2.45) is 0 Å². The molecule has 3 nitrogen and oxygen atoms in total. The number of hydrogen-bond donors (Lipinski definition) is 1. The van der Waals surface area contributed by atoms with E-state index in [0.29, 0.717) is 6.54 Å². The van der Waals surface area contributed by atoms with Crippen molar-refractivity contribution in [3.8, 4) is 0 Å². The Labute approximate surface area is 124 Å². The van der Waals surface area contributed by atoms with Crippen LogP contribution in [0.1, 0.15) is 24.8 Å². The number of sulfonamides is 1. The molecule has 21 heavy (non-hydrogen) atoms. The summed E-state index contributed by atoms with van der Waals surface area (Å²) in [5.74, 6) is -0.470. The monoisotopic (exact) mass is 307 g/mol. The highest BCUT2D eigenvalue weighted by Crippen LogP contribution is 2.19. The third kappa shape index (κ3) is 4.12. The quantitative estimate of drug-likeness (QED) is 0.890. The summed E-state index contributed by atoms with van der Waals surface area (Å²) in [6.07, 6.45) is 0.815. The van der Waals surface area contributed by atoms with Gasteiger partial charge in [0.2, 0.25) is 10.0 Å². The fourth-order valence-electron chi connectivity index (χ4n) is 2.15. The van der Waals surface area contributed by atoms with E-state index in [1.807, 2.05) is 37.3 Å². The van der Waals surface area contributed by atoms with Crippen LogP contribution in [0.15, 0.2) is 59.5 Å². The molecule has 0 aliphatic heterocycles. The van der Waals surface area contributed by atoms with Gasteiger partial charge in [0.1, 0.15) is 5.82 Å². The molecule has 112 valence electrons. The van der Waals surface area contributed by atoms with Crippen LogP contribution < -0.4 is 4.72 Å². The van der Waals surface area contributed by atoms with Gasteiger partial charge in [-0.05, 0) is 36.1 Å². The van der Waals surface area contributed by atoms with Gasteiger partial charge in [-0.15, -0.1) is 0 Å². The van der Waals surface area contributed by atoms with Gasteiger partial charge in [0.25, 0.3) is 0 Å². The number of rotatable bonds is 6. The van der Waals surface area contributed by atoms with Crippen LogP contribution in [0, 0.1) is 5.82 Å². The molecule has 0 aliphatic carbocycles. The van der Waals surface area contributed by atoms with E-state index in [0.717, 1.165) is 18.1 Å². The molecule has 0 amide bonds. The van der Waals surface area contributed by atoms with Crippen LogP contribution in [0.25, 0.3) is 0 Å². The van der Waals surface area contributed by atoms with Crippen LogP contribution in [0.2, 0.25) is 0 Å². The molecule has 0 aliphatic rings. The summed E-state index contributed by atoms with van der Waals surface area (Å²) in [5, 5.41) is 0. The van der Waals surface area contributed by atoms with Crippen LogP contribution in [-0.2, 0) is 10.0 Å². The van der Waals surface area contributed by atoms with Gasteiger partial charge < -0.3 is 0 Å². The summed E-state index contributed by atoms with van der Waals surface area (Å²) < 4.78 is 40.0. The molecule has 2 aromatic rings. The molecular formula is C16H18FNO2S. The van der Waals surface area contributed by atoms with Crippen molar-refractivity contribution >= 4 is 10.0 Å². The van der Waals surface area contributed by atoms with Crippen LogP contribution in [-0.4, -0.2) is 15.0 Å². The summed E-state index contributed by atoms with van der Waals surface area (Å²) in [6, 6.07) is 14.7. The molecule has 0 heterocycles. The smallest absolute Gasteiger partial charge is 0.211 e. The largest absolute Gasteiger partial charge is 0.240 e. The van der Waals surface area contributed by atoms with Crippen molar-refractivity contribution in [3.63, 3.8) is 0 Å². The van der Waals surface area contributed by atoms with Crippen molar-refractivity contribution < 1.29 is 12.8 Å². The molecule has 0 saturated heterocycles. The molecule has 0 radical (unpaired) electrons. The highest BCUT2D eigenvalue weighted by atomic mass is 32.2. The SMILES string of the molecule is CCC(CNS(=O)(=O)c1cccc(F)c1)c1ccccc1. The van der Waals surface area contributed by atoms with Gasteiger partial charge in [0, 0.05) is 6.54 Å². The topological polar surface area (TPSA) is 46.2 Å². The molecular weight excluding hydrogens is 289 g/mol. The second-order valence-electron chi connectivity index (χ2n) is 4.83.